The minimum absolute atomic E-state index is 0.0629. The second-order valence-electron chi connectivity index (χ2n) is 6.91. The van der Waals surface area contributed by atoms with E-state index in [4.69, 9.17) is 27.6 Å². The van der Waals surface area contributed by atoms with Crippen LogP contribution in [0.15, 0.2) is 76.0 Å². The molecule has 4 rings (SSSR count). The summed E-state index contributed by atoms with van der Waals surface area (Å²) in [5.41, 5.74) is 0.819. The highest BCUT2D eigenvalue weighted by Crippen LogP contribution is 2.31. The van der Waals surface area contributed by atoms with Crippen LogP contribution in [-0.4, -0.2) is 29.3 Å². The molecule has 3 aromatic rings. The number of amides is 2. The Balaban J connectivity index is 1.54. The van der Waals surface area contributed by atoms with Gasteiger partial charge in [-0.25, -0.2) is 4.99 Å². The van der Waals surface area contributed by atoms with Gasteiger partial charge in [-0.05, 0) is 54.6 Å². The Bertz CT molecular complexity index is 1300. The Hall–Kier alpha value is -3.34. The lowest BCUT2D eigenvalue weighted by Crippen LogP contribution is -2.31. The molecule has 1 N–H and O–H groups in total. The molecule has 2 aromatic carbocycles. The first-order chi connectivity index (χ1) is 16.8. The summed E-state index contributed by atoms with van der Waals surface area (Å²) in [5, 5.41) is 3.60. The number of carbonyl (C=O) groups excluding carboxylic acids is 2. The Morgan fingerprint density at radius 2 is 1.97 bits per heavy atom. The maximum absolute atomic E-state index is 13.1. The van der Waals surface area contributed by atoms with Crippen LogP contribution in [0.25, 0.3) is 6.08 Å². The third kappa shape index (κ3) is 6.21. The number of aliphatic imine (C=N–C) groups is 1. The van der Waals surface area contributed by atoms with Gasteiger partial charge in [-0.2, -0.15) is 8.78 Å². The summed E-state index contributed by atoms with van der Waals surface area (Å²) in [6, 6.07) is 13.5. The van der Waals surface area contributed by atoms with Gasteiger partial charge in [0.1, 0.15) is 17.2 Å². The van der Waals surface area contributed by atoms with E-state index in [0.717, 1.165) is 11.8 Å². The van der Waals surface area contributed by atoms with Gasteiger partial charge in [-0.3, -0.25) is 14.5 Å². The van der Waals surface area contributed by atoms with Crippen molar-refractivity contribution < 1.29 is 27.5 Å². The van der Waals surface area contributed by atoms with Crippen LogP contribution >= 0.6 is 35.0 Å². The molecular formula is C23H15Cl2F2N3O4S. The molecule has 35 heavy (non-hydrogen) atoms. The van der Waals surface area contributed by atoms with Crippen LogP contribution in [-0.2, 0) is 9.59 Å². The molecule has 0 saturated heterocycles. The zero-order valence-corrected chi connectivity index (χ0v) is 19.9. The number of alkyl halides is 2. The molecule has 0 radical (unpaired) electrons. The summed E-state index contributed by atoms with van der Waals surface area (Å²) in [7, 11) is 0. The number of ether oxygens (including phenoxy) is 1. The van der Waals surface area contributed by atoms with Gasteiger partial charge in [0.25, 0.3) is 5.91 Å². The van der Waals surface area contributed by atoms with E-state index in [0.29, 0.717) is 22.2 Å². The lowest BCUT2D eigenvalue weighted by Gasteiger charge is -2.18. The molecule has 0 fully saturated rings. The molecule has 0 aliphatic carbocycles. The van der Waals surface area contributed by atoms with E-state index < -0.39 is 18.4 Å². The number of hydrogen-bond acceptors (Lipinski definition) is 6. The summed E-state index contributed by atoms with van der Waals surface area (Å²) < 4.78 is 34.6. The maximum Gasteiger partial charge on any atom is 0.387 e. The van der Waals surface area contributed by atoms with E-state index >= 15 is 0 Å². The van der Waals surface area contributed by atoms with E-state index in [1.165, 1.54) is 47.6 Å². The monoisotopic (exact) mass is 537 g/mol. The van der Waals surface area contributed by atoms with Crippen LogP contribution in [0.4, 0.5) is 20.2 Å². The standard InChI is InChI=1S/C23H15Cl2F2N3O4S/c24-13-3-8-18(17(25)10-13)28-20(31)12-35-23-29-19(11-16-2-1-9-33-16)21(32)30(23)14-4-6-15(7-5-14)34-22(26)27/h1-11,22H,12H2,(H,28,31)/b19-11+. The van der Waals surface area contributed by atoms with Crippen LogP contribution in [0.2, 0.25) is 10.0 Å². The smallest absolute Gasteiger partial charge is 0.387 e. The van der Waals surface area contributed by atoms with Crippen LogP contribution in [0.1, 0.15) is 5.76 Å². The van der Waals surface area contributed by atoms with Gasteiger partial charge in [-0.1, -0.05) is 35.0 Å². The number of nitrogens with zero attached hydrogens (tertiary/aromatic N) is 2. The number of halogens is 4. The number of carbonyl (C=O) groups is 2. The molecule has 180 valence electrons. The number of amidine groups is 1. The molecule has 12 heteroatoms. The SMILES string of the molecule is O=C(CSC1=N/C(=C/c2ccco2)C(=O)N1c1ccc(OC(F)F)cc1)Nc1ccc(Cl)cc1Cl. The van der Waals surface area contributed by atoms with E-state index in [2.05, 4.69) is 15.0 Å². The van der Waals surface area contributed by atoms with Crippen molar-refractivity contribution >= 4 is 69.4 Å². The summed E-state index contributed by atoms with van der Waals surface area (Å²) in [6.45, 7) is -2.97. The molecule has 0 unspecified atom stereocenters. The van der Waals surface area contributed by atoms with Gasteiger partial charge >= 0.3 is 6.61 Å². The average molecular weight is 538 g/mol. The van der Waals surface area contributed by atoms with Gasteiger partial charge < -0.3 is 14.5 Å². The van der Waals surface area contributed by atoms with Crippen molar-refractivity contribution in [2.75, 3.05) is 16.0 Å². The first-order valence-corrected chi connectivity index (χ1v) is 11.7. The number of hydrogen-bond donors (Lipinski definition) is 1. The number of benzene rings is 2. The lowest BCUT2D eigenvalue weighted by molar-refractivity contribution is -0.114. The number of nitrogens with one attached hydrogen (secondary N) is 1. The van der Waals surface area contributed by atoms with Gasteiger partial charge in [0.15, 0.2) is 5.17 Å². The first kappa shape index (κ1) is 24.8. The molecule has 0 bridgehead atoms. The fourth-order valence-electron chi connectivity index (χ4n) is 3.01. The molecule has 0 spiro atoms. The molecule has 7 nitrogen and oxygen atoms in total. The minimum Gasteiger partial charge on any atom is -0.465 e. The fraction of sp³-hybridized carbons (Fsp3) is 0.0870. The summed E-state index contributed by atoms with van der Waals surface area (Å²) in [4.78, 5) is 31.3. The third-order valence-corrected chi connectivity index (χ3v) is 6.00. The topological polar surface area (TPSA) is 84.1 Å². The zero-order chi connectivity index (χ0) is 24.9. The number of thioether (sulfide) groups is 1. The first-order valence-electron chi connectivity index (χ1n) is 9.91. The third-order valence-electron chi connectivity index (χ3n) is 4.51. The van der Waals surface area contributed by atoms with Crippen molar-refractivity contribution in [3.05, 3.63) is 82.4 Å². The Morgan fingerprint density at radius 3 is 2.63 bits per heavy atom. The molecular weight excluding hydrogens is 523 g/mol. The fourth-order valence-corrected chi connectivity index (χ4v) is 4.28. The minimum atomic E-state index is -2.97. The van der Waals surface area contributed by atoms with E-state index in [1.807, 2.05) is 0 Å². The zero-order valence-electron chi connectivity index (χ0n) is 17.6. The summed E-state index contributed by atoms with van der Waals surface area (Å²) in [6.07, 6.45) is 2.92. The van der Waals surface area contributed by atoms with E-state index in [-0.39, 0.29) is 27.4 Å². The van der Waals surface area contributed by atoms with Crippen molar-refractivity contribution in [1.82, 2.24) is 0 Å². The molecule has 2 amide bonds. The molecule has 1 aliphatic rings. The molecule has 0 atom stereocenters. The van der Waals surface area contributed by atoms with Crippen molar-refractivity contribution in [3.8, 4) is 5.75 Å². The highest BCUT2D eigenvalue weighted by molar-refractivity contribution is 8.14. The number of anilines is 2. The second kappa shape index (κ2) is 10.9. The highest BCUT2D eigenvalue weighted by Gasteiger charge is 2.32. The normalized spacial score (nSPS) is 14.5. The number of furan rings is 1. The van der Waals surface area contributed by atoms with Crippen molar-refractivity contribution in [3.63, 3.8) is 0 Å². The van der Waals surface area contributed by atoms with E-state index in [9.17, 15) is 18.4 Å². The summed E-state index contributed by atoms with van der Waals surface area (Å²) >= 11 is 13.0. The van der Waals surface area contributed by atoms with Gasteiger partial charge in [0.2, 0.25) is 5.91 Å². The molecule has 2 heterocycles. The Morgan fingerprint density at radius 1 is 1.20 bits per heavy atom. The molecule has 1 aromatic heterocycles. The van der Waals surface area contributed by atoms with Crippen LogP contribution < -0.4 is 15.0 Å². The van der Waals surface area contributed by atoms with Crippen molar-refractivity contribution in [2.45, 2.75) is 6.61 Å². The van der Waals surface area contributed by atoms with Gasteiger partial charge in [0, 0.05) is 11.1 Å². The summed E-state index contributed by atoms with van der Waals surface area (Å²) in [5.74, 6) is -0.611. The Kier molecular flexibility index (Phi) is 7.74. The predicted molar refractivity (Wildman–Crippen MR) is 132 cm³/mol. The average Bonchev–Trinajstić information content (AvgIpc) is 3.43. The quantitative estimate of drug-likeness (QED) is 0.357. The van der Waals surface area contributed by atoms with Crippen LogP contribution in [0.3, 0.4) is 0 Å². The van der Waals surface area contributed by atoms with Gasteiger partial charge in [0.05, 0.1) is 28.4 Å². The highest BCUT2D eigenvalue weighted by atomic mass is 35.5. The predicted octanol–water partition coefficient (Wildman–Crippen LogP) is 6.30. The molecule has 1 aliphatic heterocycles. The number of rotatable bonds is 7. The second-order valence-corrected chi connectivity index (χ2v) is 8.70. The Labute approximate surface area is 212 Å². The van der Waals surface area contributed by atoms with Crippen molar-refractivity contribution in [2.24, 2.45) is 4.99 Å². The maximum atomic E-state index is 13.1. The van der Waals surface area contributed by atoms with Crippen LogP contribution in [0, 0.1) is 0 Å². The van der Waals surface area contributed by atoms with Gasteiger partial charge in [-0.15, -0.1) is 0 Å². The van der Waals surface area contributed by atoms with E-state index in [1.54, 1.807) is 24.3 Å². The molecule has 0 saturated carbocycles. The lowest BCUT2D eigenvalue weighted by atomic mass is 10.2. The van der Waals surface area contributed by atoms with Crippen LogP contribution in [0.5, 0.6) is 5.75 Å². The largest absolute Gasteiger partial charge is 0.465 e. The van der Waals surface area contributed by atoms with Crippen molar-refractivity contribution in [1.29, 1.82) is 0 Å².